The number of hydrogen-bond acceptors (Lipinski definition) is 4. The van der Waals surface area contributed by atoms with Gasteiger partial charge in [-0.05, 0) is 40.0 Å². The van der Waals surface area contributed by atoms with Crippen LogP contribution in [0.2, 0.25) is 0 Å². The Bertz CT molecular complexity index is 595. The van der Waals surface area contributed by atoms with E-state index in [2.05, 4.69) is 6.58 Å². The molecule has 0 fully saturated rings. The summed E-state index contributed by atoms with van der Waals surface area (Å²) in [6.45, 7) is 10.9. The first-order valence-electron chi connectivity index (χ1n) is 8.96. The van der Waals surface area contributed by atoms with Crippen molar-refractivity contribution in [3.8, 4) is 0 Å². The average molecular weight is 369 g/mol. The summed E-state index contributed by atoms with van der Waals surface area (Å²) >= 11 is 0. The van der Waals surface area contributed by atoms with Gasteiger partial charge in [0.1, 0.15) is 0 Å². The molecule has 5 heteroatoms. The van der Waals surface area contributed by atoms with Gasteiger partial charge >= 0.3 is 0 Å². The van der Waals surface area contributed by atoms with E-state index in [9.17, 15) is 8.42 Å². The van der Waals surface area contributed by atoms with Crippen LogP contribution in [0.1, 0.15) is 46.5 Å². The Hall–Kier alpha value is -1.17. The number of ether oxygens (including phenoxy) is 2. The fourth-order valence-electron chi connectivity index (χ4n) is 2.62. The zero-order valence-corrected chi connectivity index (χ0v) is 16.6. The summed E-state index contributed by atoms with van der Waals surface area (Å²) in [5.41, 5.74) is 1.01. The average Bonchev–Trinajstić information content (AvgIpc) is 2.55. The lowest BCUT2D eigenvalue weighted by Crippen LogP contribution is -2.35. The fraction of sp³-hybridized carbons (Fsp3) is 0.600. The molecule has 1 rings (SSSR count). The fourth-order valence-corrected chi connectivity index (χ4v) is 4.17. The topological polar surface area (TPSA) is 52.6 Å². The second-order valence-electron chi connectivity index (χ2n) is 6.38. The third-order valence-electron chi connectivity index (χ3n) is 4.22. The van der Waals surface area contributed by atoms with Gasteiger partial charge in [-0.2, -0.15) is 0 Å². The summed E-state index contributed by atoms with van der Waals surface area (Å²) in [4.78, 5) is 0. The van der Waals surface area contributed by atoms with Gasteiger partial charge in [0.2, 0.25) is 0 Å². The van der Waals surface area contributed by atoms with Crippen LogP contribution in [0.15, 0.2) is 48.6 Å². The van der Waals surface area contributed by atoms with E-state index in [1.165, 1.54) is 0 Å². The third kappa shape index (κ3) is 7.30. The minimum atomic E-state index is -3.17. The molecule has 0 radical (unpaired) electrons. The predicted molar refractivity (Wildman–Crippen MR) is 104 cm³/mol. The molecule has 0 heterocycles. The van der Waals surface area contributed by atoms with Crippen LogP contribution >= 0.6 is 0 Å². The highest BCUT2D eigenvalue weighted by molar-refractivity contribution is 7.92. The first-order chi connectivity index (χ1) is 11.8. The van der Waals surface area contributed by atoms with Crippen LogP contribution in [-0.4, -0.2) is 38.4 Å². The second kappa shape index (κ2) is 10.7. The number of hydrogen-bond donors (Lipinski definition) is 0. The minimum Gasteiger partial charge on any atom is -0.353 e. The van der Waals surface area contributed by atoms with Crippen LogP contribution in [0.4, 0.5) is 0 Å². The van der Waals surface area contributed by atoms with Gasteiger partial charge in [0, 0.05) is 19.6 Å². The summed E-state index contributed by atoms with van der Waals surface area (Å²) in [5.74, 6) is 0.158. The van der Waals surface area contributed by atoms with Crippen LogP contribution in [-0.2, 0) is 19.3 Å². The predicted octanol–water partition coefficient (Wildman–Crippen LogP) is 4.36. The van der Waals surface area contributed by atoms with Crippen molar-refractivity contribution in [3.63, 3.8) is 0 Å². The van der Waals surface area contributed by atoms with E-state index >= 15 is 0 Å². The molecule has 0 spiro atoms. The molecule has 0 N–H and O–H groups in total. The smallest absolute Gasteiger partial charge is 0.161 e. The highest BCUT2D eigenvalue weighted by Crippen LogP contribution is 2.28. The highest BCUT2D eigenvalue weighted by atomic mass is 32.2. The number of sulfone groups is 1. The van der Waals surface area contributed by atoms with Gasteiger partial charge in [-0.15, -0.1) is 0 Å². The Kier molecular flexibility index (Phi) is 9.39. The van der Waals surface area contributed by atoms with Crippen LogP contribution in [0, 0.1) is 0 Å². The van der Waals surface area contributed by atoms with E-state index in [0.717, 1.165) is 5.57 Å². The van der Waals surface area contributed by atoms with Crippen molar-refractivity contribution < 1.29 is 17.9 Å². The summed E-state index contributed by atoms with van der Waals surface area (Å²) in [6.07, 6.45) is 13.5. The van der Waals surface area contributed by atoms with Gasteiger partial charge in [0.15, 0.2) is 16.1 Å². The Morgan fingerprint density at radius 1 is 1.24 bits per heavy atom. The monoisotopic (exact) mass is 368 g/mol. The lowest BCUT2D eigenvalue weighted by Gasteiger charge is -2.26. The molecule has 1 aliphatic rings. The van der Waals surface area contributed by atoms with Crippen LogP contribution in [0.25, 0.3) is 0 Å². The molecule has 1 unspecified atom stereocenters. The van der Waals surface area contributed by atoms with Crippen LogP contribution < -0.4 is 0 Å². The van der Waals surface area contributed by atoms with E-state index in [1.807, 2.05) is 44.2 Å². The van der Waals surface area contributed by atoms with Crippen molar-refractivity contribution in [2.24, 2.45) is 0 Å². The van der Waals surface area contributed by atoms with Crippen molar-refractivity contribution in [2.75, 3.05) is 19.0 Å². The van der Waals surface area contributed by atoms with Crippen molar-refractivity contribution >= 4 is 9.84 Å². The van der Waals surface area contributed by atoms with Crippen molar-refractivity contribution in [3.05, 3.63) is 48.6 Å². The Morgan fingerprint density at radius 3 is 2.48 bits per heavy atom. The van der Waals surface area contributed by atoms with Gasteiger partial charge in [-0.25, -0.2) is 8.42 Å². The van der Waals surface area contributed by atoms with E-state index in [0.29, 0.717) is 38.9 Å². The van der Waals surface area contributed by atoms with E-state index < -0.39 is 14.6 Å². The minimum absolute atomic E-state index is 0.158. The van der Waals surface area contributed by atoms with Gasteiger partial charge in [0.05, 0.1) is 10.5 Å². The molecule has 1 atom stereocenters. The molecule has 0 aromatic carbocycles. The summed E-state index contributed by atoms with van der Waals surface area (Å²) in [6, 6.07) is 0. The third-order valence-corrected chi connectivity index (χ3v) is 6.71. The summed E-state index contributed by atoms with van der Waals surface area (Å²) in [7, 11) is -3.17. The van der Waals surface area contributed by atoms with E-state index in [4.69, 9.17) is 9.47 Å². The van der Waals surface area contributed by atoms with Crippen molar-refractivity contribution in [1.82, 2.24) is 0 Å². The van der Waals surface area contributed by atoms with Crippen LogP contribution in [0.5, 0.6) is 0 Å². The first kappa shape index (κ1) is 21.9. The molecule has 0 bridgehead atoms. The molecule has 0 aromatic heterocycles. The maximum atomic E-state index is 12.5. The largest absolute Gasteiger partial charge is 0.353 e. The Labute approximate surface area is 153 Å². The molecule has 0 aliphatic heterocycles. The summed E-state index contributed by atoms with van der Waals surface area (Å²) < 4.78 is 35.3. The molecule has 1 aliphatic carbocycles. The molecule has 142 valence electrons. The van der Waals surface area contributed by atoms with Gasteiger partial charge in [-0.1, -0.05) is 48.6 Å². The second-order valence-corrected chi connectivity index (χ2v) is 8.95. The standard InChI is InChI=1S/C20H32O4S/c1-5-23-19(24-6-2)17-18(3)13-9-7-12-16-25(21,22)20(4)14-10-8-11-15-20/h7-11,14,19H,3,5-6,12-13,15-17H2,1-2,4H3. The van der Waals surface area contributed by atoms with Gasteiger partial charge in [-0.3, -0.25) is 0 Å². The lowest BCUT2D eigenvalue weighted by molar-refractivity contribution is -0.134. The Morgan fingerprint density at radius 2 is 1.92 bits per heavy atom. The van der Waals surface area contributed by atoms with E-state index in [1.54, 1.807) is 13.0 Å². The quantitative estimate of drug-likeness (QED) is 0.379. The Balaban J connectivity index is 2.39. The van der Waals surface area contributed by atoms with E-state index in [-0.39, 0.29) is 12.0 Å². The van der Waals surface area contributed by atoms with Gasteiger partial charge < -0.3 is 9.47 Å². The van der Waals surface area contributed by atoms with Gasteiger partial charge in [0.25, 0.3) is 0 Å². The molecule has 0 amide bonds. The zero-order chi connectivity index (χ0) is 18.8. The molecule has 0 saturated carbocycles. The first-order valence-corrected chi connectivity index (χ1v) is 10.6. The maximum Gasteiger partial charge on any atom is 0.161 e. The van der Waals surface area contributed by atoms with Crippen molar-refractivity contribution in [1.29, 1.82) is 0 Å². The number of rotatable bonds is 12. The molecular weight excluding hydrogens is 336 g/mol. The van der Waals surface area contributed by atoms with Crippen molar-refractivity contribution in [2.45, 2.75) is 57.5 Å². The molecule has 0 aromatic rings. The maximum absolute atomic E-state index is 12.5. The molecular formula is C20H32O4S. The zero-order valence-electron chi connectivity index (χ0n) is 15.7. The lowest BCUT2D eigenvalue weighted by atomic mass is 10.0. The molecule has 25 heavy (non-hydrogen) atoms. The summed E-state index contributed by atoms with van der Waals surface area (Å²) in [5, 5.41) is 0. The van der Waals surface area contributed by atoms with Crippen LogP contribution in [0.3, 0.4) is 0 Å². The molecule has 4 nitrogen and oxygen atoms in total. The SMILES string of the molecule is C=C(CC=CCCS(=O)(=O)C1(C)C=CC=CC1)CC(OCC)OCC. The molecule has 0 saturated heterocycles. The normalized spacial score (nSPS) is 20.6. The number of allylic oxidation sites excluding steroid dienone is 5. The highest BCUT2D eigenvalue weighted by Gasteiger charge is 2.35.